The number of carbonyl (C=O) groups excluding carboxylic acids is 2. The Balaban J connectivity index is 1.91. The molecule has 0 bridgehead atoms. The first kappa shape index (κ1) is 26.7. The van der Waals surface area contributed by atoms with Crippen LogP contribution in [0.2, 0.25) is 0 Å². The number of hydrogen-bond donors (Lipinski definition) is 1. The van der Waals surface area contributed by atoms with E-state index in [2.05, 4.69) is 5.32 Å². The Kier molecular flexibility index (Phi) is 8.53. The maximum Gasteiger partial charge on any atom is 0.244 e. The molecule has 0 aliphatic heterocycles. The SMILES string of the molecule is Cc1cc(C)cc(N(CC(=O)N(Cc2ccccc2F)[C@@H](C)C(=O)NC2CCCC2)S(C)(=O)=O)c1. The molecule has 0 aromatic heterocycles. The number of nitrogens with zero attached hydrogens (tertiary/aromatic N) is 2. The molecule has 2 aromatic rings. The molecule has 3 rings (SSSR count). The molecule has 2 aromatic carbocycles. The molecule has 190 valence electrons. The Morgan fingerprint density at radius 3 is 2.26 bits per heavy atom. The summed E-state index contributed by atoms with van der Waals surface area (Å²) in [4.78, 5) is 27.8. The van der Waals surface area contributed by atoms with Crippen molar-refractivity contribution in [3.8, 4) is 0 Å². The Hall–Kier alpha value is -2.94. The number of nitrogens with one attached hydrogen (secondary N) is 1. The summed E-state index contributed by atoms with van der Waals surface area (Å²) in [7, 11) is -3.81. The van der Waals surface area contributed by atoms with E-state index in [1.165, 1.54) is 11.0 Å². The van der Waals surface area contributed by atoms with Crippen molar-refractivity contribution in [2.24, 2.45) is 0 Å². The summed E-state index contributed by atoms with van der Waals surface area (Å²) in [6.07, 6.45) is 4.88. The molecule has 35 heavy (non-hydrogen) atoms. The molecule has 0 spiro atoms. The molecule has 0 saturated heterocycles. The number of benzene rings is 2. The maximum atomic E-state index is 14.5. The first-order valence-corrected chi connectivity index (χ1v) is 13.7. The third-order valence-electron chi connectivity index (χ3n) is 6.34. The summed E-state index contributed by atoms with van der Waals surface area (Å²) < 4.78 is 40.8. The minimum atomic E-state index is -3.81. The first-order valence-electron chi connectivity index (χ1n) is 11.8. The normalized spacial score (nSPS) is 15.0. The molecule has 1 atom stereocenters. The summed E-state index contributed by atoms with van der Waals surface area (Å²) in [5.74, 6) is -1.42. The monoisotopic (exact) mass is 503 g/mol. The largest absolute Gasteiger partial charge is 0.352 e. The fourth-order valence-corrected chi connectivity index (χ4v) is 5.33. The van der Waals surface area contributed by atoms with Gasteiger partial charge in [0.25, 0.3) is 0 Å². The second-order valence-corrected chi connectivity index (χ2v) is 11.3. The molecule has 1 fully saturated rings. The Bertz CT molecular complexity index is 1160. The van der Waals surface area contributed by atoms with E-state index in [9.17, 15) is 22.4 Å². The summed E-state index contributed by atoms with van der Waals surface area (Å²) in [5, 5.41) is 2.99. The van der Waals surface area contributed by atoms with Gasteiger partial charge in [-0.25, -0.2) is 12.8 Å². The number of rotatable bonds is 9. The zero-order chi connectivity index (χ0) is 25.8. The van der Waals surface area contributed by atoms with Gasteiger partial charge in [-0.05, 0) is 62.9 Å². The first-order chi connectivity index (χ1) is 16.5. The second kappa shape index (κ2) is 11.2. The zero-order valence-electron chi connectivity index (χ0n) is 20.8. The molecule has 9 heteroatoms. The molecule has 1 aliphatic rings. The third-order valence-corrected chi connectivity index (χ3v) is 7.48. The quantitative estimate of drug-likeness (QED) is 0.566. The highest BCUT2D eigenvalue weighted by Gasteiger charge is 2.31. The average Bonchev–Trinajstić information content (AvgIpc) is 3.27. The van der Waals surface area contributed by atoms with Crippen molar-refractivity contribution >= 4 is 27.5 Å². The van der Waals surface area contributed by atoms with Crippen molar-refractivity contribution in [3.63, 3.8) is 0 Å². The molecule has 1 aliphatic carbocycles. The molecule has 0 unspecified atom stereocenters. The molecule has 1 N–H and O–H groups in total. The number of halogens is 1. The summed E-state index contributed by atoms with van der Waals surface area (Å²) in [6, 6.07) is 10.5. The van der Waals surface area contributed by atoms with Crippen LogP contribution in [0.4, 0.5) is 10.1 Å². The van der Waals surface area contributed by atoms with Gasteiger partial charge in [0.05, 0.1) is 11.9 Å². The van der Waals surface area contributed by atoms with Gasteiger partial charge in [0.15, 0.2) is 0 Å². The van der Waals surface area contributed by atoms with E-state index >= 15 is 0 Å². The number of hydrogen-bond acceptors (Lipinski definition) is 4. The van der Waals surface area contributed by atoms with Crippen molar-refractivity contribution in [2.75, 3.05) is 17.1 Å². The predicted molar refractivity (Wildman–Crippen MR) is 135 cm³/mol. The van der Waals surface area contributed by atoms with Crippen LogP contribution in [-0.2, 0) is 26.2 Å². The lowest BCUT2D eigenvalue weighted by atomic mass is 10.1. The van der Waals surface area contributed by atoms with Gasteiger partial charge >= 0.3 is 0 Å². The lowest BCUT2D eigenvalue weighted by Crippen LogP contribution is -2.52. The van der Waals surface area contributed by atoms with Crippen LogP contribution < -0.4 is 9.62 Å². The van der Waals surface area contributed by atoms with Crippen LogP contribution in [0.15, 0.2) is 42.5 Å². The van der Waals surface area contributed by atoms with Gasteiger partial charge in [-0.2, -0.15) is 0 Å². The molecular formula is C26H34FN3O4S. The molecular weight excluding hydrogens is 469 g/mol. The van der Waals surface area contributed by atoms with E-state index in [1.54, 1.807) is 37.3 Å². The van der Waals surface area contributed by atoms with Gasteiger partial charge < -0.3 is 10.2 Å². The van der Waals surface area contributed by atoms with Crippen molar-refractivity contribution < 1.29 is 22.4 Å². The highest BCUT2D eigenvalue weighted by atomic mass is 32.2. The van der Waals surface area contributed by atoms with Gasteiger partial charge in [0.1, 0.15) is 18.4 Å². The number of carbonyl (C=O) groups is 2. The Morgan fingerprint density at radius 2 is 1.69 bits per heavy atom. The van der Waals surface area contributed by atoms with Crippen LogP contribution in [-0.4, -0.2) is 50.0 Å². The zero-order valence-corrected chi connectivity index (χ0v) is 21.6. The molecule has 1 saturated carbocycles. The summed E-state index contributed by atoms with van der Waals surface area (Å²) in [6.45, 7) is 4.62. The highest BCUT2D eigenvalue weighted by molar-refractivity contribution is 7.92. The van der Waals surface area contributed by atoms with E-state index < -0.39 is 34.3 Å². The number of anilines is 1. The van der Waals surface area contributed by atoms with Crippen molar-refractivity contribution in [2.45, 2.75) is 65.1 Å². The van der Waals surface area contributed by atoms with Crippen molar-refractivity contribution in [1.82, 2.24) is 10.2 Å². The van der Waals surface area contributed by atoms with Crippen molar-refractivity contribution in [1.29, 1.82) is 0 Å². The molecule has 2 amide bonds. The van der Waals surface area contributed by atoms with Crippen LogP contribution in [0.1, 0.15) is 49.3 Å². The summed E-state index contributed by atoms with van der Waals surface area (Å²) in [5.41, 5.74) is 2.33. The summed E-state index contributed by atoms with van der Waals surface area (Å²) >= 11 is 0. The van der Waals surface area contributed by atoms with Gasteiger partial charge in [0, 0.05) is 18.2 Å². The Morgan fingerprint density at radius 1 is 1.09 bits per heavy atom. The smallest absolute Gasteiger partial charge is 0.244 e. The van der Waals surface area contributed by atoms with E-state index in [-0.39, 0.29) is 24.1 Å². The van der Waals surface area contributed by atoms with Crippen molar-refractivity contribution in [3.05, 3.63) is 65.0 Å². The topological polar surface area (TPSA) is 86.8 Å². The molecule has 0 radical (unpaired) electrons. The lowest BCUT2D eigenvalue weighted by molar-refractivity contribution is -0.139. The molecule has 7 nitrogen and oxygen atoms in total. The number of amides is 2. The minimum absolute atomic E-state index is 0.0538. The second-order valence-electron chi connectivity index (χ2n) is 9.39. The minimum Gasteiger partial charge on any atom is -0.352 e. The Labute approximate surface area is 207 Å². The van der Waals surface area contributed by atoms with Gasteiger partial charge in [-0.3, -0.25) is 13.9 Å². The van der Waals surface area contributed by atoms with E-state index in [0.29, 0.717) is 5.69 Å². The van der Waals surface area contributed by atoms with Crippen LogP contribution in [0.25, 0.3) is 0 Å². The van der Waals surface area contributed by atoms with Crippen LogP contribution >= 0.6 is 0 Å². The van der Waals surface area contributed by atoms with Crippen LogP contribution in [0.3, 0.4) is 0 Å². The number of sulfonamides is 1. The maximum absolute atomic E-state index is 14.5. The average molecular weight is 504 g/mol. The lowest BCUT2D eigenvalue weighted by Gasteiger charge is -2.32. The van der Waals surface area contributed by atoms with Gasteiger partial charge in [-0.1, -0.05) is 37.1 Å². The highest BCUT2D eigenvalue weighted by Crippen LogP contribution is 2.23. The van der Waals surface area contributed by atoms with E-state index in [1.807, 2.05) is 19.9 Å². The van der Waals surface area contributed by atoms with Gasteiger partial charge in [0.2, 0.25) is 21.8 Å². The fraction of sp³-hybridized carbons (Fsp3) is 0.462. The van der Waals surface area contributed by atoms with Crippen LogP contribution in [0.5, 0.6) is 0 Å². The predicted octanol–water partition coefficient (Wildman–Crippen LogP) is 3.68. The van der Waals surface area contributed by atoms with E-state index in [0.717, 1.165) is 47.4 Å². The fourth-order valence-electron chi connectivity index (χ4n) is 4.49. The number of aryl methyl sites for hydroxylation is 2. The molecule has 0 heterocycles. The standard InChI is InChI=1S/C26H34FN3O4S/c1-18-13-19(2)15-23(14-18)30(35(4,33)34)17-25(31)29(16-21-9-5-8-12-24(21)27)20(3)26(32)28-22-10-6-7-11-22/h5,8-9,12-15,20,22H,6-7,10-11,16-17H2,1-4H3,(H,28,32)/t20-/m0/s1. The van der Waals surface area contributed by atoms with E-state index in [4.69, 9.17) is 0 Å². The van der Waals surface area contributed by atoms with Crippen LogP contribution in [0, 0.1) is 19.7 Å². The third kappa shape index (κ3) is 7.04. The van der Waals surface area contributed by atoms with Gasteiger partial charge in [-0.15, -0.1) is 0 Å².